The molecule has 14 heavy (non-hydrogen) atoms. The molecule has 3 nitrogen and oxygen atoms in total. The number of aromatic nitrogens is 2. The Morgan fingerprint density at radius 1 is 1.57 bits per heavy atom. The maximum Gasteiger partial charge on any atom is 0.148 e. The summed E-state index contributed by atoms with van der Waals surface area (Å²) in [4.78, 5) is 8.01. The average Bonchev–Trinajstić information content (AvgIpc) is 2.95. The largest absolute Gasteiger partial charge is 0.366 e. The fourth-order valence-electron chi connectivity index (χ4n) is 1.38. The first-order valence-electron chi connectivity index (χ1n) is 4.61. The van der Waals surface area contributed by atoms with E-state index in [0.29, 0.717) is 11.2 Å². The smallest absolute Gasteiger partial charge is 0.148 e. The zero-order valence-corrected chi connectivity index (χ0v) is 10.1. The number of rotatable bonds is 3. The quantitative estimate of drug-likeness (QED) is 0.862. The van der Waals surface area contributed by atoms with Crippen LogP contribution in [0.1, 0.15) is 19.8 Å². The van der Waals surface area contributed by atoms with Crippen LogP contribution in [0.5, 0.6) is 0 Å². The molecule has 0 saturated heterocycles. The Labute approximate surface area is 96.4 Å². The van der Waals surface area contributed by atoms with Gasteiger partial charge < -0.3 is 5.32 Å². The minimum absolute atomic E-state index is 0.450. The lowest BCUT2D eigenvalue weighted by Crippen LogP contribution is -2.18. The Kier molecular flexibility index (Phi) is 2.93. The van der Waals surface area contributed by atoms with E-state index in [0.717, 1.165) is 16.2 Å². The number of hydrogen-bond acceptors (Lipinski definition) is 3. The first kappa shape index (κ1) is 10.2. The third-order valence-electron chi connectivity index (χ3n) is 2.44. The predicted molar refractivity (Wildman–Crippen MR) is 60.6 cm³/mol. The first-order valence-corrected chi connectivity index (χ1v) is 5.78. The SMILES string of the molecule is CC(Nc1ncnc(Cl)c1Br)C1CC1. The van der Waals surface area contributed by atoms with Crippen molar-refractivity contribution in [3.8, 4) is 0 Å². The molecule has 2 rings (SSSR count). The Morgan fingerprint density at radius 2 is 2.29 bits per heavy atom. The molecule has 0 bridgehead atoms. The van der Waals surface area contributed by atoms with Crippen LogP contribution in [0.25, 0.3) is 0 Å². The van der Waals surface area contributed by atoms with Crippen molar-refractivity contribution >= 4 is 33.3 Å². The van der Waals surface area contributed by atoms with Gasteiger partial charge in [-0.15, -0.1) is 0 Å². The summed E-state index contributed by atoms with van der Waals surface area (Å²) >= 11 is 9.21. The van der Waals surface area contributed by atoms with E-state index in [-0.39, 0.29) is 0 Å². The third kappa shape index (κ3) is 2.17. The molecule has 1 fully saturated rings. The van der Waals surface area contributed by atoms with E-state index in [1.807, 2.05) is 0 Å². The predicted octanol–water partition coefficient (Wildman–Crippen LogP) is 3.10. The molecule has 1 unspecified atom stereocenters. The molecule has 1 N–H and O–H groups in total. The normalized spacial score (nSPS) is 17.9. The topological polar surface area (TPSA) is 37.8 Å². The molecule has 76 valence electrons. The molecule has 1 aromatic heterocycles. The van der Waals surface area contributed by atoms with Gasteiger partial charge in [-0.25, -0.2) is 9.97 Å². The van der Waals surface area contributed by atoms with Gasteiger partial charge in [-0.2, -0.15) is 0 Å². The maximum atomic E-state index is 5.85. The molecule has 1 aliphatic rings. The average molecular weight is 277 g/mol. The van der Waals surface area contributed by atoms with Gasteiger partial charge in [0.05, 0.1) is 4.47 Å². The standard InChI is InChI=1S/C9H11BrClN3/c1-5(6-2-3-6)14-9-7(10)8(11)12-4-13-9/h4-6H,2-3H2,1H3,(H,12,13,14). The summed E-state index contributed by atoms with van der Waals surface area (Å²) in [6, 6.07) is 0.456. The molecule has 0 aliphatic heterocycles. The summed E-state index contributed by atoms with van der Waals surface area (Å²) < 4.78 is 0.745. The second-order valence-electron chi connectivity index (χ2n) is 3.60. The lowest BCUT2D eigenvalue weighted by atomic mass is 10.2. The van der Waals surface area contributed by atoms with Crippen molar-refractivity contribution in [2.24, 2.45) is 5.92 Å². The van der Waals surface area contributed by atoms with Gasteiger partial charge >= 0.3 is 0 Å². The van der Waals surface area contributed by atoms with E-state index in [9.17, 15) is 0 Å². The van der Waals surface area contributed by atoms with Crippen LogP contribution in [0.15, 0.2) is 10.8 Å². The van der Waals surface area contributed by atoms with E-state index >= 15 is 0 Å². The summed E-state index contributed by atoms with van der Waals surface area (Å²) in [6.45, 7) is 2.17. The molecule has 1 saturated carbocycles. The van der Waals surface area contributed by atoms with Gasteiger partial charge in [-0.1, -0.05) is 11.6 Å². The van der Waals surface area contributed by atoms with Gasteiger partial charge in [-0.05, 0) is 41.6 Å². The fourth-order valence-corrected chi connectivity index (χ4v) is 1.83. The molecule has 0 aromatic carbocycles. The third-order valence-corrected chi connectivity index (χ3v) is 3.71. The van der Waals surface area contributed by atoms with Crippen molar-refractivity contribution in [2.75, 3.05) is 5.32 Å². The molecule has 1 aromatic rings. The summed E-state index contributed by atoms with van der Waals surface area (Å²) in [5.74, 6) is 1.57. The highest BCUT2D eigenvalue weighted by atomic mass is 79.9. The Bertz CT molecular complexity index is 341. The van der Waals surface area contributed by atoms with Crippen LogP contribution in [-0.4, -0.2) is 16.0 Å². The monoisotopic (exact) mass is 275 g/mol. The Balaban J connectivity index is 2.11. The van der Waals surface area contributed by atoms with Crippen molar-refractivity contribution in [3.05, 3.63) is 16.0 Å². The highest BCUT2D eigenvalue weighted by molar-refractivity contribution is 9.10. The van der Waals surface area contributed by atoms with Crippen molar-refractivity contribution in [2.45, 2.75) is 25.8 Å². The zero-order chi connectivity index (χ0) is 10.1. The first-order chi connectivity index (χ1) is 6.68. The Morgan fingerprint density at radius 3 is 2.93 bits per heavy atom. The Hall–Kier alpha value is -0.350. The molecule has 0 radical (unpaired) electrons. The van der Waals surface area contributed by atoms with Crippen molar-refractivity contribution < 1.29 is 0 Å². The molecular weight excluding hydrogens is 265 g/mol. The summed E-state index contributed by atoms with van der Waals surface area (Å²) in [7, 11) is 0. The second kappa shape index (κ2) is 4.03. The van der Waals surface area contributed by atoms with Gasteiger partial charge in [0.25, 0.3) is 0 Å². The summed E-state index contributed by atoms with van der Waals surface area (Å²) in [5, 5.41) is 3.78. The van der Waals surface area contributed by atoms with Crippen LogP contribution in [0.4, 0.5) is 5.82 Å². The molecule has 0 amide bonds. The molecule has 1 atom stereocenters. The lowest BCUT2D eigenvalue weighted by molar-refractivity contribution is 0.689. The molecule has 5 heteroatoms. The second-order valence-corrected chi connectivity index (χ2v) is 4.75. The molecule has 1 aliphatic carbocycles. The maximum absolute atomic E-state index is 5.85. The van der Waals surface area contributed by atoms with Crippen LogP contribution in [0, 0.1) is 5.92 Å². The number of halogens is 2. The number of nitrogens with zero attached hydrogens (tertiary/aromatic N) is 2. The van der Waals surface area contributed by atoms with Crippen molar-refractivity contribution in [1.29, 1.82) is 0 Å². The zero-order valence-electron chi connectivity index (χ0n) is 7.80. The number of hydrogen-bond donors (Lipinski definition) is 1. The molecule has 0 spiro atoms. The number of anilines is 1. The van der Waals surface area contributed by atoms with Crippen LogP contribution in [-0.2, 0) is 0 Å². The van der Waals surface area contributed by atoms with Gasteiger partial charge in [0.15, 0.2) is 0 Å². The minimum atomic E-state index is 0.450. The van der Waals surface area contributed by atoms with Crippen LogP contribution >= 0.6 is 27.5 Å². The van der Waals surface area contributed by atoms with Crippen LogP contribution in [0.3, 0.4) is 0 Å². The van der Waals surface area contributed by atoms with E-state index in [2.05, 4.69) is 38.1 Å². The summed E-state index contributed by atoms with van der Waals surface area (Å²) in [6.07, 6.45) is 4.09. The van der Waals surface area contributed by atoms with E-state index in [1.165, 1.54) is 19.2 Å². The van der Waals surface area contributed by atoms with Crippen molar-refractivity contribution in [1.82, 2.24) is 9.97 Å². The lowest BCUT2D eigenvalue weighted by Gasteiger charge is -2.14. The van der Waals surface area contributed by atoms with Crippen LogP contribution in [0.2, 0.25) is 5.15 Å². The van der Waals surface area contributed by atoms with Gasteiger partial charge in [0.2, 0.25) is 0 Å². The fraction of sp³-hybridized carbons (Fsp3) is 0.556. The molecular formula is C9H11BrClN3. The summed E-state index contributed by atoms with van der Waals surface area (Å²) in [5.41, 5.74) is 0. The van der Waals surface area contributed by atoms with Gasteiger partial charge in [-0.3, -0.25) is 0 Å². The molecule has 1 heterocycles. The van der Waals surface area contributed by atoms with E-state index in [1.54, 1.807) is 0 Å². The minimum Gasteiger partial charge on any atom is -0.366 e. The van der Waals surface area contributed by atoms with E-state index in [4.69, 9.17) is 11.6 Å². The van der Waals surface area contributed by atoms with Crippen molar-refractivity contribution in [3.63, 3.8) is 0 Å². The highest BCUT2D eigenvalue weighted by Crippen LogP contribution is 2.35. The van der Waals surface area contributed by atoms with Gasteiger partial charge in [0.1, 0.15) is 17.3 Å². The highest BCUT2D eigenvalue weighted by Gasteiger charge is 2.28. The van der Waals surface area contributed by atoms with Gasteiger partial charge in [0, 0.05) is 6.04 Å². The number of nitrogens with one attached hydrogen (secondary N) is 1. The van der Waals surface area contributed by atoms with E-state index < -0.39 is 0 Å². The van der Waals surface area contributed by atoms with Crippen LogP contribution < -0.4 is 5.32 Å².